The van der Waals surface area contributed by atoms with Gasteiger partial charge in [0.2, 0.25) is 0 Å². The quantitative estimate of drug-likeness (QED) is 0.607. The van der Waals surface area contributed by atoms with E-state index in [2.05, 4.69) is 33.0 Å². The molecule has 0 amide bonds. The average Bonchev–Trinajstić information content (AvgIpc) is 3.17. The van der Waals surface area contributed by atoms with Crippen LogP contribution < -0.4 is 15.4 Å². The number of piperazine rings is 1. The molecule has 0 atom stereocenters. The Balaban J connectivity index is 0.00000256. The van der Waals surface area contributed by atoms with Gasteiger partial charge in [0.1, 0.15) is 12.4 Å². The lowest BCUT2D eigenvalue weighted by atomic mass is 10.1. The van der Waals surface area contributed by atoms with E-state index in [9.17, 15) is 0 Å². The Morgan fingerprint density at radius 3 is 2.53 bits per heavy atom. The fraction of sp³-hybridized carbons (Fsp3) is 0.348. The molecule has 6 nitrogen and oxygen atoms in total. The molecule has 0 bridgehead atoms. The van der Waals surface area contributed by atoms with E-state index in [1.807, 2.05) is 36.5 Å². The van der Waals surface area contributed by atoms with Gasteiger partial charge in [-0.15, -0.1) is 12.4 Å². The minimum atomic E-state index is 0. The van der Waals surface area contributed by atoms with Crippen LogP contribution in [-0.2, 0) is 6.42 Å². The summed E-state index contributed by atoms with van der Waals surface area (Å²) < 4.78 is 6.03. The van der Waals surface area contributed by atoms with E-state index >= 15 is 0 Å². The lowest BCUT2D eigenvalue weighted by Crippen LogP contribution is -2.47. The van der Waals surface area contributed by atoms with Crippen LogP contribution in [0.3, 0.4) is 0 Å². The number of anilines is 1. The summed E-state index contributed by atoms with van der Waals surface area (Å²) in [5.74, 6) is 0.909. The van der Waals surface area contributed by atoms with Gasteiger partial charge in [-0.05, 0) is 61.0 Å². The number of nitrogens with one attached hydrogen (secondary N) is 1. The minimum absolute atomic E-state index is 0. The summed E-state index contributed by atoms with van der Waals surface area (Å²) in [7, 11) is 0. The Hall–Kier alpha value is -2.72. The van der Waals surface area contributed by atoms with Gasteiger partial charge < -0.3 is 20.4 Å². The maximum absolute atomic E-state index is 8.93. The molecule has 0 aliphatic carbocycles. The molecule has 1 saturated heterocycles. The van der Waals surface area contributed by atoms with Crippen LogP contribution in [0.1, 0.15) is 11.1 Å². The average molecular weight is 426 g/mol. The molecule has 158 valence electrons. The van der Waals surface area contributed by atoms with Crippen molar-refractivity contribution in [3.8, 4) is 11.8 Å². The molecule has 7 heteroatoms. The lowest BCUT2D eigenvalue weighted by molar-refractivity contribution is 0.200. The number of halogens is 1. The molecule has 0 saturated carbocycles. The van der Waals surface area contributed by atoms with Crippen LogP contribution in [0.5, 0.6) is 5.75 Å². The number of hydrogen-bond acceptors (Lipinski definition) is 5. The molecule has 1 fully saturated rings. The van der Waals surface area contributed by atoms with Gasteiger partial charge in [0.15, 0.2) is 0 Å². The van der Waals surface area contributed by atoms with E-state index in [0.717, 1.165) is 50.4 Å². The first-order valence-electron chi connectivity index (χ1n) is 10.2. The minimum Gasteiger partial charge on any atom is -0.492 e. The Labute approximate surface area is 183 Å². The van der Waals surface area contributed by atoms with Crippen LogP contribution in [0.15, 0.2) is 48.7 Å². The number of aromatic nitrogens is 1. The van der Waals surface area contributed by atoms with Crippen LogP contribution in [0.2, 0.25) is 0 Å². The molecular formula is C23H28ClN5O. The molecule has 1 aliphatic heterocycles. The zero-order valence-electron chi connectivity index (χ0n) is 17.0. The first kappa shape index (κ1) is 22.0. The van der Waals surface area contributed by atoms with E-state index in [-0.39, 0.29) is 12.4 Å². The van der Waals surface area contributed by atoms with Crippen LogP contribution in [0, 0.1) is 11.3 Å². The highest BCUT2D eigenvalue weighted by atomic mass is 35.5. The van der Waals surface area contributed by atoms with Crippen molar-refractivity contribution < 1.29 is 4.74 Å². The maximum atomic E-state index is 8.93. The van der Waals surface area contributed by atoms with E-state index in [1.54, 1.807) is 0 Å². The largest absolute Gasteiger partial charge is 0.492 e. The molecule has 30 heavy (non-hydrogen) atoms. The van der Waals surface area contributed by atoms with Gasteiger partial charge >= 0.3 is 0 Å². The Bertz CT molecular complexity index is 987. The predicted octanol–water partition coefficient (Wildman–Crippen LogP) is 3.16. The van der Waals surface area contributed by atoms with Crippen molar-refractivity contribution in [2.24, 2.45) is 5.73 Å². The highest BCUT2D eigenvalue weighted by Crippen LogP contribution is 2.24. The summed E-state index contributed by atoms with van der Waals surface area (Å²) in [6, 6.07) is 16.2. The molecule has 0 unspecified atom stereocenters. The van der Waals surface area contributed by atoms with Gasteiger partial charge in [-0.25, -0.2) is 0 Å². The molecule has 0 radical (unpaired) electrons. The van der Waals surface area contributed by atoms with Crippen molar-refractivity contribution >= 4 is 29.0 Å². The number of rotatable bonds is 7. The summed E-state index contributed by atoms with van der Waals surface area (Å²) in [5, 5.41) is 10.1. The molecule has 0 spiro atoms. The summed E-state index contributed by atoms with van der Waals surface area (Å²) in [6.45, 7) is 6.25. The Kier molecular flexibility index (Phi) is 7.58. The van der Waals surface area contributed by atoms with E-state index in [0.29, 0.717) is 18.7 Å². The molecule has 2 aromatic carbocycles. The van der Waals surface area contributed by atoms with Crippen molar-refractivity contribution in [3.63, 3.8) is 0 Å². The number of H-pyrrole nitrogens is 1. The lowest BCUT2D eigenvalue weighted by Gasteiger charge is -2.36. The highest BCUT2D eigenvalue weighted by Gasteiger charge is 2.17. The normalized spacial score (nSPS) is 14.3. The standard InChI is InChI=1S/C23H27N5O.ClH/c24-8-7-19-17-26-23-6-5-21(15-22(19)23)29-14-13-27-9-11-28(12-10-27)20-3-1-18(16-25)2-4-20;/h1-6,15,17,26H,7-14,24H2;1H. The second-order valence-corrected chi connectivity index (χ2v) is 7.40. The first-order chi connectivity index (χ1) is 14.3. The van der Waals surface area contributed by atoms with Crippen molar-refractivity contribution in [2.45, 2.75) is 6.42 Å². The molecule has 1 aliphatic rings. The van der Waals surface area contributed by atoms with E-state index in [1.165, 1.54) is 16.6 Å². The number of aromatic amines is 1. The smallest absolute Gasteiger partial charge is 0.120 e. The van der Waals surface area contributed by atoms with Crippen LogP contribution in [0.4, 0.5) is 5.69 Å². The van der Waals surface area contributed by atoms with E-state index < -0.39 is 0 Å². The summed E-state index contributed by atoms with van der Waals surface area (Å²) in [6.07, 6.45) is 2.90. The number of nitrogens with zero attached hydrogens (tertiary/aromatic N) is 3. The summed E-state index contributed by atoms with van der Waals surface area (Å²) >= 11 is 0. The topological polar surface area (TPSA) is 81.3 Å². The van der Waals surface area contributed by atoms with Gasteiger partial charge in [-0.2, -0.15) is 5.26 Å². The van der Waals surface area contributed by atoms with Gasteiger partial charge in [-0.3, -0.25) is 4.90 Å². The number of nitrogens with two attached hydrogens (primary N) is 1. The first-order valence-corrected chi connectivity index (χ1v) is 10.2. The number of hydrogen-bond donors (Lipinski definition) is 2. The number of fused-ring (bicyclic) bond motifs is 1. The fourth-order valence-corrected chi connectivity index (χ4v) is 3.88. The molecule has 4 rings (SSSR count). The maximum Gasteiger partial charge on any atom is 0.120 e. The van der Waals surface area contributed by atoms with Crippen LogP contribution in [-0.4, -0.2) is 55.8 Å². The number of nitriles is 1. The molecule has 1 aromatic heterocycles. The second-order valence-electron chi connectivity index (χ2n) is 7.40. The highest BCUT2D eigenvalue weighted by molar-refractivity contribution is 5.85. The van der Waals surface area contributed by atoms with Crippen LogP contribution >= 0.6 is 12.4 Å². The van der Waals surface area contributed by atoms with Crippen LogP contribution in [0.25, 0.3) is 10.9 Å². The van der Waals surface area contributed by atoms with Gasteiger partial charge in [-0.1, -0.05) is 0 Å². The van der Waals surface area contributed by atoms with Crippen molar-refractivity contribution in [2.75, 3.05) is 50.8 Å². The third-order valence-corrected chi connectivity index (χ3v) is 5.56. The predicted molar refractivity (Wildman–Crippen MR) is 124 cm³/mol. The molecular weight excluding hydrogens is 398 g/mol. The summed E-state index contributed by atoms with van der Waals surface area (Å²) in [4.78, 5) is 8.10. The summed E-state index contributed by atoms with van der Waals surface area (Å²) in [5.41, 5.74) is 9.97. The SMILES string of the molecule is Cl.N#Cc1ccc(N2CCN(CCOc3ccc4[nH]cc(CCN)c4c3)CC2)cc1. The number of benzene rings is 2. The number of ether oxygens (including phenoxy) is 1. The van der Waals surface area contributed by atoms with Gasteiger partial charge in [0.25, 0.3) is 0 Å². The third-order valence-electron chi connectivity index (χ3n) is 5.56. The van der Waals surface area contributed by atoms with Crippen molar-refractivity contribution in [1.82, 2.24) is 9.88 Å². The molecule has 2 heterocycles. The Morgan fingerprint density at radius 1 is 1.07 bits per heavy atom. The van der Waals surface area contributed by atoms with Gasteiger partial charge in [0.05, 0.1) is 11.6 Å². The second kappa shape index (κ2) is 10.4. The van der Waals surface area contributed by atoms with Gasteiger partial charge in [0, 0.05) is 55.5 Å². The molecule has 3 aromatic rings. The monoisotopic (exact) mass is 425 g/mol. The zero-order chi connectivity index (χ0) is 20.1. The Morgan fingerprint density at radius 2 is 1.83 bits per heavy atom. The van der Waals surface area contributed by atoms with Crippen molar-refractivity contribution in [3.05, 3.63) is 59.8 Å². The van der Waals surface area contributed by atoms with E-state index in [4.69, 9.17) is 15.7 Å². The molecule has 3 N–H and O–H groups in total. The fourth-order valence-electron chi connectivity index (χ4n) is 3.88. The third kappa shape index (κ3) is 5.06. The van der Waals surface area contributed by atoms with Crippen molar-refractivity contribution in [1.29, 1.82) is 5.26 Å². The zero-order valence-corrected chi connectivity index (χ0v) is 17.8.